The fourth-order valence-corrected chi connectivity index (χ4v) is 2.97. The van der Waals surface area contributed by atoms with E-state index in [1.165, 1.54) is 36.2 Å². The molecule has 0 bridgehead atoms. The standard InChI is InChI=1S/C13H20N4OS/c1-2-15-13-17-11(14)10(19-13)12(18)16-8-7-9-5-3-4-6-9/h5H,2-4,6-8,14H2,1H3,(H,15,17)(H,16,18). The van der Waals surface area contributed by atoms with Crippen LogP contribution in [-0.2, 0) is 0 Å². The van der Waals surface area contributed by atoms with Crippen LogP contribution in [0.5, 0.6) is 0 Å². The van der Waals surface area contributed by atoms with E-state index in [9.17, 15) is 4.79 Å². The van der Waals surface area contributed by atoms with Crippen molar-refractivity contribution < 1.29 is 4.79 Å². The minimum absolute atomic E-state index is 0.127. The quantitative estimate of drug-likeness (QED) is 0.699. The Hall–Kier alpha value is -1.56. The van der Waals surface area contributed by atoms with Gasteiger partial charge in [-0.2, -0.15) is 0 Å². The molecule has 0 spiro atoms. The summed E-state index contributed by atoms with van der Waals surface area (Å²) in [5.41, 5.74) is 7.20. The van der Waals surface area contributed by atoms with Crippen LogP contribution in [0.15, 0.2) is 11.6 Å². The lowest BCUT2D eigenvalue weighted by molar-refractivity contribution is 0.0959. The molecule has 0 radical (unpaired) electrons. The van der Waals surface area contributed by atoms with Gasteiger partial charge in [-0.05, 0) is 32.6 Å². The second-order valence-electron chi connectivity index (χ2n) is 4.52. The smallest absolute Gasteiger partial charge is 0.265 e. The zero-order valence-electron chi connectivity index (χ0n) is 11.2. The molecule has 1 aliphatic rings. The average Bonchev–Trinajstić information content (AvgIpc) is 2.99. The van der Waals surface area contributed by atoms with Crippen molar-refractivity contribution in [3.8, 4) is 0 Å². The molecule has 5 nitrogen and oxygen atoms in total. The third-order valence-electron chi connectivity index (χ3n) is 3.05. The Bertz CT molecular complexity index is 481. The lowest BCUT2D eigenvalue weighted by Gasteiger charge is -2.04. The molecular weight excluding hydrogens is 260 g/mol. The van der Waals surface area contributed by atoms with Gasteiger partial charge in [0.05, 0.1) is 0 Å². The summed E-state index contributed by atoms with van der Waals surface area (Å²) in [5, 5.41) is 6.67. The monoisotopic (exact) mass is 280 g/mol. The van der Waals surface area contributed by atoms with Crippen molar-refractivity contribution in [2.24, 2.45) is 0 Å². The number of nitrogens with two attached hydrogens (primary N) is 1. The predicted molar refractivity (Wildman–Crippen MR) is 79.6 cm³/mol. The summed E-state index contributed by atoms with van der Waals surface area (Å²) in [6.07, 6.45) is 6.80. The molecule has 0 atom stereocenters. The molecule has 0 saturated carbocycles. The molecule has 6 heteroatoms. The summed E-state index contributed by atoms with van der Waals surface area (Å²) in [6, 6.07) is 0. The number of aromatic nitrogens is 1. The number of nitrogens with one attached hydrogen (secondary N) is 2. The molecule has 0 aromatic carbocycles. The minimum atomic E-state index is -0.127. The number of nitrogen functional groups attached to an aromatic ring is 1. The van der Waals surface area contributed by atoms with Crippen LogP contribution in [-0.4, -0.2) is 24.0 Å². The number of allylic oxidation sites excluding steroid dienone is 1. The van der Waals surface area contributed by atoms with E-state index in [4.69, 9.17) is 5.73 Å². The minimum Gasteiger partial charge on any atom is -0.382 e. The van der Waals surface area contributed by atoms with Crippen LogP contribution in [0.2, 0.25) is 0 Å². The molecule has 1 heterocycles. The van der Waals surface area contributed by atoms with E-state index >= 15 is 0 Å². The lowest BCUT2D eigenvalue weighted by atomic mass is 10.2. The van der Waals surface area contributed by atoms with Crippen molar-refractivity contribution in [2.45, 2.75) is 32.6 Å². The maximum atomic E-state index is 12.0. The first-order chi connectivity index (χ1) is 9.20. The molecule has 0 fully saturated rings. The molecule has 1 aromatic heterocycles. The van der Waals surface area contributed by atoms with Gasteiger partial charge in [0, 0.05) is 13.1 Å². The van der Waals surface area contributed by atoms with E-state index in [-0.39, 0.29) is 5.91 Å². The largest absolute Gasteiger partial charge is 0.382 e. The normalized spacial score (nSPS) is 14.3. The number of hydrogen-bond donors (Lipinski definition) is 3. The third-order valence-corrected chi connectivity index (χ3v) is 4.08. The van der Waals surface area contributed by atoms with E-state index in [0.717, 1.165) is 13.0 Å². The van der Waals surface area contributed by atoms with Gasteiger partial charge >= 0.3 is 0 Å². The van der Waals surface area contributed by atoms with Crippen molar-refractivity contribution in [1.82, 2.24) is 10.3 Å². The van der Waals surface area contributed by atoms with Gasteiger partial charge in [-0.3, -0.25) is 4.79 Å². The highest BCUT2D eigenvalue weighted by Gasteiger charge is 2.15. The van der Waals surface area contributed by atoms with E-state index < -0.39 is 0 Å². The number of anilines is 2. The van der Waals surface area contributed by atoms with Crippen LogP contribution in [0.1, 0.15) is 42.3 Å². The Labute approximate surface area is 117 Å². The number of carbonyl (C=O) groups is 1. The molecule has 2 rings (SSSR count). The van der Waals surface area contributed by atoms with E-state index in [1.807, 2.05) is 6.92 Å². The molecule has 0 aliphatic heterocycles. The second-order valence-corrected chi connectivity index (χ2v) is 5.52. The fourth-order valence-electron chi connectivity index (χ4n) is 2.10. The highest BCUT2D eigenvalue weighted by Crippen LogP contribution is 2.25. The average molecular weight is 280 g/mol. The molecule has 1 amide bonds. The van der Waals surface area contributed by atoms with Crippen molar-refractivity contribution in [3.05, 3.63) is 16.5 Å². The van der Waals surface area contributed by atoms with Gasteiger partial charge in [-0.25, -0.2) is 4.98 Å². The Kier molecular flexibility index (Phi) is 4.79. The van der Waals surface area contributed by atoms with E-state index in [0.29, 0.717) is 22.4 Å². The van der Waals surface area contributed by atoms with Gasteiger partial charge in [0.2, 0.25) is 0 Å². The number of nitrogens with zero attached hydrogens (tertiary/aromatic N) is 1. The molecule has 4 N–H and O–H groups in total. The summed E-state index contributed by atoms with van der Waals surface area (Å²) < 4.78 is 0. The molecule has 1 aliphatic carbocycles. The van der Waals surface area contributed by atoms with Crippen LogP contribution in [0, 0.1) is 0 Å². The number of hydrogen-bond acceptors (Lipinski definition) is 5. The number of rotatable bonds is 6. The molecule has 0 saturated heterocycles. The Morgan fingerprint density at radius 1 is 1.58 bits per heavy atom. The lowest BCUT2D eigenvalue weighted by Crippen LogP contribution is -2.24. The summed E-state index contributed by atoms with van der Waals surface area (Å²) in [5.74, 6) is 0.177. The second kappa shape index (κ2) is 6.56. The number of carbonyl (C=O) groups excluding carboxylic acids is 1. The van der Waals surface area contributed by atoms with Crippen molar-refractivity contribution in [1.29, 1.82) is 0 Å². The fraction of sp³-hybridized carbons (Fsp3) is 0.538. The molecule has 104 valence electrons. The van der Waals surface area contributed by atoms with Crippen molar-refractivity contribution in [3.63, 3.8) is 0 Å². The zero-order valence-corrected chi connectivity index (χ0v) is 12.0. The maximum absolute atomic E-state index is 12.0. The van der Waals surface area contributed by atoms with Gasteiger partial charge < -0.3 is 16.4 Å². The van der Waals surface area contributed by atoms with Crippen LogP contribution in [0.4, 0.5) is 10.9 Å². The first-order valence-corrected chi connectivity index (χ1v) is 7.48. The zero-order chi connectivity index (χ0) is 13.7. The molecule has 0 unspecified atom stereocenters. The summed E-state index contributed by atoms with van der Waals surface area (Å²) in [6.45, 7) is 3.41. The number of thiazole rings is 1. The third kappa shape index (κ3) is 3.70. The SMILES string of the molecule is CCNc1nc(N)c(C(=O)NCCC2=CCCC2)s1. The Morgan fingerprint density at radius 2 is 2.42 bits per heavy atom. The summed E-state index contributed by atoms with van der Waals surface area (Å²) in [4.78, 5) is 16.6. The topological polar surface area (TPSA) is 80.0 Å². The maximum Gasteiger partial charge on any atom is 0.265 e. The van der Waals surface area contributed by atoms with E-state index in [2.05, 4.69) is 21.7 Å². The first kappa shape index (κ1) is 13.9. The highest BCUT2D eigenvalue weighted by molar-refractivity contribution is 7.18. The summed E-state index contributed by atoms with van der Waals surface area (Å²) >= 11 is 1.30. The molecular formula is C13H20N4OS. The van der Waals surface area contributed by atoms with Crippen molar-refractivity contribution in [2.75, 3.05) is 24.1 Å². The van der Waals surface area contributed by atoms with Gasteiger partial charge in [0.25, 0.3) is 5.91 Å². The van der Waals surface area contributed by atoms with Crippen LogP contribution in [0.3, 0.4) is 0 Å². The van der Waals surface area contributed by atoms with Crippen LogP contribution in [0.25, 0.3) is 0 Å². The van der Waals surface area contributed by atoms with E-state index in [1.54, 1.807) is 0 Å². The predicted octanol–water partition coefficient (Wildman–Crippen LogP) is 2.39. The summed E-state index contributed by atoms with van der Waals surface area (Å²) in [7, 11) is 0. The highest BCUT2D eigenvalue weighted by atomic mass is 32.1. The Morgan fingerprint density at radius 3 is 3.11 bits per heavy atom. The van der Waals surface area contributed by atoms with Gasteiger partial charge in [0.1, 0.15) is 10.7 Å². The Balaban J connectivity index is 1.85. The van der Waals surface area contributed by atoms with Gasteiger partial charge in [-0.15, -0.1) is 0 Å². The van der Waals surface area contributed by atoms with Crippen LogP contribution < -0.4 is 16.4 Å². The van der Waals surface area contributed by atoms with Crippen molar-refractivity contribution >= 4 is 28.2 Å². The molecule has 1 aromatic rings. The number of amides is 1. The van der Waals surface area contributed by atoms with Gasteiger partial charge in [-0.1, -0.05) is 23.0 Å². The molecule has 19 heavy (non-hydrogen) atoms. The van der Waals surface area contributed by atoms with Crippen LogP contribution >= 0.6 is 11.3 Å². The van der Waals surface area contributed by atoms with Gasteiger partial charge in [0.15, 0.2) is 5.13 Å². The first-order valence-electron chi connectivity index (χ1n) is 6.67.